The van der Waals surface area contributed by atoms with Crippen LogP contribution in [0.15, 0.2) is 182 Å². The van der Waals surface area contributed by atoms with Gasteiger partial charge < -0.3 is 14.2 Å². The molecule has 0 aromatic carbocycles. The molecule has 6 heteroatoms. The van der Waals surface area contributed by atoms with E-state index in [9.17, 15) is 14.4 Å². The number of unbranched alkanes of at least 4 members (excludes halogenated alkanes) is 16. The summed E-state index contributed by atoms with van der Waals surface area (Å²) in [5, 5.41) is 0. The lowest BCUT2D eigenvalue weighted by Gasteiger charge is -2.18. The zero-order valence-corrected chi connectivity index (χ0v) is 52.4. The van der Waals surface area contributed by atoms with Gasteiger partial charge >= 0.3 is 17.9 Å². The molecule has 0 aliphatic carbocycles. The Kier molecular flexibility index (Phi) is 63.5. The molecule has 0 spiro atoms. The van der Waals surface area contributed by atoms with E-state index in [1.807, 2.05) is 0 Å². The molecule has 0 fully saturated rings. The molecule has 0 bridgehead atoms. The van der Waals surface area contributed by atoms with Gasteiger partial charge in [-0.05, 0) is 141 Å². The number of carbonyl (C=O) groups excluding carboxylic acids is 3. The molecule has 0 saturated heterocycles. The van der Waals surface area contributed by atoms with Crippen molar-refractivity contribution in [3.63, 3.8) is 0 Å². The number of rotatable bonds is 57. The molecule has 82 heavy (non-hydrogen) atoms. The van der Waals surface area contributed by atoms with E-state index in [4.69, 9.17) is 14.2 Å². The van der Waals surface area contributed by atoms with Gasteiger partial charge in [0.2, 0.25) is 0 Å². The molecule has 0 amide bonds. The summed E-state index contributed by atoms with van der Waals surface area (Å²) < 4.78 is 16.8. The molecular weight excluding hydrogens is 1010 g/mol. The van der Waals surface area contributed by atoms with Crippen molar-refractivity contribution in [1.29, 1.82) is 0 Å². The minimum Gasteiger partial charge on any atom is -0.462 e. The monoisotopic (exact) mass is 1130 g/mol. The summed E-state index contributed by atoms with van der Waals surface area (Å²) in [4.78, 5) is 38.2. The van der Waals surface area contributed by atoms with Gasteiger partial charge in [-0.1, -0.05) is 280 Å². The molecule has 0 aliphatic heterocycles. The van der Waals surface area contributed by atoms with Crippen LogP contribution in [-0.4, -0.2) is 37.2 Å². The van der Waals surface area contributed by atoms with Crippen LogP contribution in [0.5, 0.6) is 0 Å². The van der Waals surface area contributed by atoms with Crippen LogP contribution >= 0.6 is 0 Å². The van der Waals surface area contributed by atoms with Crippen LogP contribution in [0, 0.1) is 0 Å². The van der Waals surface area contributed by atoms with E-state index in [-0.39, 0.29) is 37.5 Å². The van der Waals surface area contributed by atoms with Gasteiger partial charge in [0, 0.05) is 19.3 Å². The van der Waals surface area contributed by atoms with Crippen LogP contribution in [0.1, 0.15) is 258 Å². The van der Waals surface area contributed by atoms with Gasteiger partial charge in [0.15, 0.2) is 6.10 Å². The Labute approximate surface area is 504 Å². The number of esters is 3. The zero-order valence-electron chi connectivity index (χ0n) is 52.4. The van der Waals surface area contributed by atoms with Crippen molar-refractivity contribution in [3.8, 4) is 0 Å². The maximum Gasteiger partial charge on any atom is 0.306 e. The van der Waals surface area contributed by atoms with Crippen LogP contribution in [0.2, 0.25) is 0 Å². The van der Waals surface area contributed by atoms with Crippen molar-refractivity contribution in [2.45, 2.75) is 264 Å². The van der Waals surface area contributed by atoms with Gasteiger partial charge in [0.1, 0.15) is 13.2 Å². The Hall–Kier alpha value is -5.49. The molecule has 0 aromatic rings. The summed E-state index contributed by atoms with van der Waals surface area (Å²) in [6, 6.07) is 0. The van der Waals surface area contributed by atoms with Gasteiger partial charge in [0.05, 0.1) is 0 Å². The first kappa shape index (κ1) is 76.5. The summed E-state index contributed by atoms with van der Waals surface area (Å²) in [7, 11) is 0. The number of ether oxygens (including phenoxy) is 3. The highest BCUT2D eigenvalue weighted by atomic mass is 16.6. The SMILES string of the molecule is CC/C=C\C/C=C\C/C=C\C/C=C\C/C=C\C/C=C\C/C=C\C/C=C\C/C=C\C/C=C\CCCCCCC(=O)OCC(COC(=O)CCCCCCCCCCCC)OC(=O)CCCCC/C=C\C/C=C\C/C=C\C/C=C\C/C=C\CC. The second-order valence-corrected chi connectivity index (χ2v) is 20.9. The topological polar surface area (TPSA) is 78.9 Å². The number of hydrogen-bond donors (Lipinski definition) is 0. The molecule has 458 valence electrons. The van der Waals surface area contributed by atoms with Crippen LogP contribution in [0.3, 0.4) is 0 Å². The summed E-state index contributed by atoms with van der Waals surface area (Å²) in [5.41, 5.74) is 0. The molecule has 0 N–H and O–H groups in total. The average molecular weight is 1130 g/mol. The molecule has 0 radical (unpaired) electrons. The largest absolute Gasteiger partial charge is 0.462 e. The Balaban J connectivity index is 4.35. The standard InChI is InChI=1S/C76H118O6/c1-4-7-10-13-16-19-22-24-26-28-30-31-32-33-34-35-36-37-38-39-40-41-42-43-44-45-47-48-50-52-54-57-60-63-66-69-75(78)81-72-73(71-80-74(77)68-65-62-59-56-21-18-15-12-9-6-3)82-76(79)70-67-64-61-58-55-53-51-49-46-29-27-25-23-20-17-14-11-8-5-2/h7-8,10-11,16-17,19-20,24-27,30-31,33-34,36-37,39-40,42-43,45-47,49-50,52-53,55,73H,4-6,9,12-15,18,21-23,28-29,32,35,38,41,44,48,51,54,56-72H2,1-3H3/b10-7-,11-8-,19-16-,20-17-,26-24-,27-25-,31-30-,34-33-,37-36-,40-39-,43-42-,47-45-,49-46-,52-50-,55-53-. The average Bonchev–Trinajstić information content (AvgIpc) is 3.48. The third kappa shape index (κ3) is 65.3. The van der Waals surface area contributed by atoms with Crippen LogP contribution in [0.4, 0.5) is 0 Å². The summed E-state index contributed by atoms with van der Waals surface area (Å²) >= 11 is 0. The van der Waals surface area contributed by atoms with Crippen LogP contribution in [-0.2, 0) is 28.6 Å². The van der Waals surface area contributed by atoms with E-state index >= 15 is 0 Å². The molecule has 0 aliphatic rings. The number of allylic oxidation sites excluding steroid dienone is 30. The summed E-state index contributed by atoms with van der Waals surface area (Å²) in [6.07, 6.45) is 102. The first-order valence-electron chi connectivity index (χ1n) is 32.8. The predicted molar refractivity (Wildman–Crippen MR) is 357 cm³/mol. The first-order chi connectivity index (χ1) is 40.5. The van der Waals surface area contributed by atoms with Gasteiger partial charge in [-0.25, -0.2) is 0 Å². The fraction of sp³-hybridized carbons (Fsp3) is 0.566. The highest BCUT2D eigenvalue weighted by Crippen LogP contribution is 2.14. The smallest absolute Gasteiger partial charge is 0.306 e. The highest BCUT2D eigenvalue weighted by molar-refractivity contribution is 5.71. The molecule has 0 rings (SSSR count). The Morgan fingerprint density at radius 1 is 0.256 bits per heavy atom. The lowest BCUT2D eigenvalue weighted by Crippen LogP contribution is -2.30. The van der Waals surface area contributed by atoms with Gasteiger partial charge in [0.25, 0.3) is 0 Å². The lowest BCUT2D eigenvalue weighted by molar-refractivity contribution is -0.167. The normalized spacial score (nSPS) is 13.4. The highest BCUT2D eigenvalue weighted by Gasteiger charge is 2.19. The van der Waals surface area contributed by atoms with Crippen molar-refractivity contribution < 1.29 is 28.6 Å². The quantitative estimate of drug-likeness (QED) is 0.0261. The number of hydrogen-bond acceptors (Lipinski definition) is 6. The Morgan fingerprint density at radius 2 is 0.476 bits per heavy atom. The minimum absolute atomic E-state index is 0.106. The molecule has 0 heterocycles. The zero-order chi connectivity index (χ0) is 59.2. The van der Waals surface area contributed by atoms with E-state index in [1.54, 1.807) is 0 Å². The van der Waals surface area contributed by atoms with E-state index in [1.165, 1.54) is 44.9 Å². The van der Waals surface area contributed by atoms with Crippen molar-refractivity contribution in [2.24, 2.45) is 0 Å². The minimum atomic E-state index is -0.814. The fourth-order valence-corrected chi connectivity index (χ4v) is 8.32. The molecule has 0 aromatic heterocycles. The van der Waals surface area contributed by atoms with Crippen molar-refractivity contribution in [2.75, 3.05) is 13.2 Å². The van der Waals surface area contributed by atoms with Crippen molar-refractivity contribution in [1.82, 2.24) is 0 Å². The molecule has 0 saturated carbocycles. The fourth-order valence-electron chi connectivity index (χ4n) is 8.32. The summed E-state index contributed by atoms with van der Waals surface area (Å²) in [5.74, 6) is -0.973. The second-order valence-electron chi connectivity index (χ2n) is 20.9. The van der Waals surface area contributed by atoms with E-state index in [2.05, 4.69) is 203 Å². The Bertz CT molecular complexity index is 1920. The lowest BCUT2D eigenvalue weighted by atomic mass is 10.1. The third-order valence-corrected chi connectivity index (χ3v) is 13.2. The maximum atomic E-state index is 12.9. The summed E-state index contributed by atoms with van der Waals surface area (Å²) in [6.45, 7) is 6.34. The van der Waals surface area contributed by atoms with Gasteiger partial charge in [-0.3, -0.25) is 14.4 Å². The molecule has 6 nitrogen and oxygen atoms in total. The molecule has 1 unspecified atom stereocenters. The maximum absolute atomic E-state index is 12.9. The third-order valence-electron chi connectivity index (χ3n) is 13.2. The van der Waals surface area contributed by atoms with Crippen molar-refractivity contribution >= 4 is 17.9 Å². The van der Waals surface area contributed by atoms with Gasteiger partial charge in [-0.15, -0.1) is 0 Å². The van der Waals surface area contributed by atoms with Gasteiger partial charge in [-0.2, -0.15) is 0 Å². The molecule has 1 atom stereocenters. The predicted octanol–water partition coefficient (Wildman–Crippen LogP) is 22.8. The van der Waals surface area contributed by atoms with E-state index in [0.29, 0.717) is 19.3 Å². The van der Waals surface area contributed by atoms with Crippen LogP contribution in [0.25, 0.3) is 0 Å². The Morgan fingerprint density at radius 3 is 0.756 bits per heavy atom. The van der Waals surface area contributed by atoms with Crippen LogP contribution < -0.4 is 0 Å². The first-order valence-corrected chi connectivity index (χ1v) is 32.8. The number of carbonyl (C=O) groups is 3. The van der Waals surface area contributed by atoms with Crippen molar-refractivity contribution in [3.05, 3.63) is 182 Å². The van der Waals surface area contributed by atoms with E-state index in [0.717, 1.165) is 167 Å². The molecular formula is C76H118O6. The van der Waals surface area contributed by atoms with E-state index < -0.39 is 6.10 Å². The second kappa shape index (κ2) is 68.0.